The molecule has 1 saturated carbocycles. The van der Waals surface area contributed by atoms with Crippen LogP contribution in [-0.4, -0.2) is 20.0 Å². The molecule has 1 aromatic rings. The standard InChI is InChI=1S/C10H9BrO3S/c11-9-5-7(6-12)1-4-10(9)15(13,14)8-2-3-8/h1,4-6,8H,2-3H2. The van der Waals surface area contributed by atoms with Gasteiger partial charge in [0.25, 0.3) is 0 Å². The monoisotopic (exact) mass is 288 g/mol. The van der Waals surface area contributed by atoms with E-state index in [1.165, 1.54) is 18.2 Å². The molecule has 0 radical (unpaired) electrons. The molecule has 0 aliphatic heterocycles. The van der Waals surface area contributed by atoms with Gasteiger partial charge in [0.1, 0.15) is 6.29 Å². The van der Waals surface area contributed by atoms with Crippen LogP contribution in [0.3, 0.4) is 0 Å². The highest BCUT2D eigenvalue weighted by Crippen LogP contribution is 2.36. The van der Waals surface area contributed by atoms with E-state index in [9.17, 15) is 13.2 Å². The van der Waals surface area contributed by atoms with Gasteiger partial charge in [-0.05, 0) is 40.9 Å². The molecule has 0 aromatic heterocycles. The molecule has 80 valence electrons. The lowest BCUT2D eigenvalue weighted by Crippen LogP contribution is -2.08. The van der Waals surface area contributed by atoms with E-state index in [0.29, 0.717) is 16.3 Å². The minimum atomic E-state index is -3.18. The second-order valence-electron chi connectivity index (χ2n) is 3.55. The third-order valence-corrected chi connectivity index (χ3v) is 5.60. The molecule has 0 spiro atoms. The van der Waals surface area contributed by atoms with Crippen LogP contribution in [0.1, 0.15) is 23.2 Å². The Hall–Kier alpha value is -0.680. The van der Waals surface area contributed by atoms with E-state index < -0.39 is 9.84 Å². The molecule has 3 nitrogen and oxygen atoms in total. The number of hydrogen-bond donors (Lipinski definition) is 0. The summed E-state index contributed by atoms with van der Waals surface area (Å²) >= 11 is 3.18. The predicted molar refractivity (Wildman–Crippen MR) is 59.7 cm³/mol. The quantitative estimate of drug-likeness (QED) is 0.801. The topological polar surface area (TPSA) is 51.2 Å². The zero-order valence-electron chi connectivity index (χ0n) is 7.81. The summed E-state index contributed by atoms with van der Waals surface area (Å²) in [6.07, 6.45) is 2.17. The van der Waals surface area contributed by atoms with Crippen LogP contribution in [0.25, 0.3) is 0 Å². The Labute approximate surface area is 96.5 Å². The normalized spacial score (nSPS) is 16.3. The number of aldehydes is 1. The summed E-state index contributed by atoms with van der Waals surface area (Å²) < 4.78 is 24.3. The lowest BCUT2D eigenvalue weighted by molar-refractivity contribution is 0.112. The summed E-state index contributed by atoms with van der Waals surface area (Å²) in [5.74, 6) is 0. The van der Waals surface area contributed by atoms with Gasteiger partial charge in [-0.15, -0.1) is 0 Å². The lowest BCUT2D eigenvalue weighted by atomic mass is 10.2. The highest BCUT2D eigenvalue weighted by Gasteiger charge is 2.37. The maximum absolute atomic E-state index is 11.9. The van der Waals surface area contributed by atoms with Gasteiger partial charge in [0.05, 0.1) is 10.1 Å². The average Bonchev–Trinajstić information content (AvgIpc) is 3.00. The van der Waals surface area contributed by atoms with Gasteiger partial charge >= 0.3 is 0 Å². The predicted octanol–water partition coefficient (Wildman–Crippen LogP) is 2.20. The molecule has 0 amide bonds. The SMILES string of the molecule is O=Cc1ccc(S(=O)(=O)C2CC2)c(Br)c1. The zero-order valence-corrected chi connectivity index (χ0v) is 10.2. The van der Waals surface area contributed by atoms with Crippen molar-refractivity contribution in [2.24, 2.45) is 0 Å². The first-order valence-electron chi connectivity index (χ1n) is 4.54. The number of sulfone groups is 1. The molecule has 1 fully saturated rings. The number of benzene rings is 1. The van der Waals surface area contributed by atoms with Crippen LogP contribution in [0, 0.1) is 0 Å². The summed E-state index contributed by atoms with van der Waals surface area (Å²) in [6.45, 7) is 0. The highest BCUT2D eigenvalue weighted by molar-refractivity contribution is 9.10. The minimum absolute atomic E-state index is 0.226. The molecule has 1 aromatic carbocycles. The maximum atomic E-state index is 11.9. The molecular formula is C10H9BrO3S. The smallest absolute Gasteiger partial charge is 0.182 e. The maximum Gasteiger partial charge on any atom is 0.182 e. The molecule has 0 bridgehead atoms. The van der Waals surface area contributed by atoms with E-state index in [0.717, 1.165) is 12.8 Å². The zero-order chi connectivity index (χ0) is 11.1. The second kappa shape index (κ2) is 3.72. The van der Waals surface area contributed by atoms with Crippen LogP contribution >= 0.6 is 15.9 Å². The van der Waals surface area contributed by atoms with Crippen LogP contribution in [0.2, 0.25) is 0 Å². The Morgan fingerprint density at radius 3 is 2.47 bits per heavy atom. The minimum Gasteiger partial charge on any atom is -0.298 e. The summed E-state index contributed by atoms with van der Waals surface area (Å²) in [5, 5.41) is -0.226. The molecule has 0 heterocycles. The van der Waals surface area contributed by atoms with Crippen molar-refractivity contribution in [3.63, 3.8) is 0 Å². The summed E-state index contributed by atoms with van der Waals surface area (Å²) in [7, 11) is -3.18. The van der Waals surface area contributed by atoms with Gasteiger partial charge in [-0.3, -0.25) is 4.79 Å². The molecular weight excluding hydrogens is 280 g/mol. The molecule has 5 heteroatoms. The van der Waals surface area contributed by atoms with Crippen LogP contribution in [0.15, 0.2) is 27.6 Å². The van der Waals surface area contributed by atoms with E-state index in [1.54, 1.807) is 0 Å². The van der Waals surface area contributed by atoms with Crippen molar-refractivity contribution >= 4 is 32.1 Å². The number of hydrogen-bond acceptors (Lipinski definition) is 3. The second-order valence-corrected chi connectivity index (χ2v) is 6.60. The van der Waals surface area contributed by atoms with Gasteiger partial charge in [-0.25, -0.2) is 8.42 Å². The van der Waals surface area contributed by atoms with Crippen LogP contribution in [0.5, 0.6) is 0 Å². The first-order valence-corrected chi connectivity index (χ1v) is 6.88. The first kappa shape index (κ1) is 10.8. The van der Waals surface area contributed by atoms with Crippen LogP contribution in [0.4, 0.5) is 0 Å². The molecule has 2 rings (SSSR count). The summed E-state index contributed by atoms with van der Waals surface area (Å²) in [4.78, 5) is 10.8. The Kier molecular flexibility index (Phi) is 2.68. The third kappa shape index (κ3) is 1.99. The molecule has 0 N–H and O–H groups in total. The molecule has 0 unspecified atom stereocenters. The molecule has 15 heavy (non-hydrogen) atoms. The fourth-order valence-electron chi connectivity index (χ4n) is 1.38. The van der Waals surface area contributed by atoms with Crippen molar-refractivity contribution in [3.8, 4) is 0 Å². The Bertz CT molecular complexity index is 503. The Balaban J connectivity index is 2.49. The summed E-state index contributed by atoms with van der Waals surface area (Å²) in [6, 6.07) is 4.54. The van der Waals surface area contributed by atoms with Crippen molar-refractivity contribution in [1.82, 2.24) is 0 Å². The molecule has 1 aliphatic rings. The lowest BCUT2D eigenvalue weighted by Gasteiger charge is -2.05. The number of rotatable bonds is 3. The van der Waals surface area contributed by atoms with Gasteiger partial charge in [0.2, 0.25) is 0 Å². The fraction of sp³-hybridized carbons (Fsp3) is 0.300. The van der Waals surface area contributed by atoms with Crippen LogP contribution in [-0.2, 0) is 9.84 Å². The highest BCUT2D eigenvalue weighted by atomic mass is 79.9. The number of carbonyl (C=O) groups excluding carboxylic acids is 1. The Morgan fingerprint density at radius 1 is 1.33 bits per heavy atom. The van der Waals surface area contributed by atoms with Gasteiger partial charge in [0.15, 0.2) is 9.84 Å². The average molecular weight is 289 g/mol. The van der Waals surface area contributed by atoms with E-state index in [-0.39, 0.29) is 10.1 Å². The molecule has 1 aliphatic carbocycles. The van der Waals surface area contributed by atoms with Gasteiger partial charge in [-0.1, -0.05) is 6.07 Å². The van der Waals surface area contributed by atoms with Gasteiger partial charge in [0, 0.05) is 10.0 Å². The fourth-order valence-corrected chi connectivity index (χ4v) is 4.16. The number of carbonyl (C=O) groups is 1. The van der Waals surface area contributed by atoms with E-state index in [2.05, 4.69) is 15.9 Å². The van der Waals surface area contributed by atoms with E-state index >= 15 is 0 Å². The molecule has 0 saturated heterocycles. The Morgan fingerprint density at radius 2 is 2.00 bits per heavy atom. The van der Waals surface area contributed by atoms with Crippen LogP contribution < -0.4 is 0 Å². The van der Waals surface area contributed by atoms with Crippen molar-refractivity contribution in [1.29, 1.82) is 0 Å². The van der Waals surface area contributed by atoms with E-state index in [4.69, 9.17) is 0 Å². The first-order chi connectivity index (χ1) is 7.05. The van der Waals surface area contributed by atoms with Crippen molar-refractivity contribution < 1.29 is 13.2 Å². The van der Waals surface area contributed by atoms with Crippen molar-refractivity contribution in [2.45, 2.75) is 23.0 Å². The summed E-state index contributed by atoms with van der Waals surface area (Å²) in [5.41, 5.74) is 0.469. The largest absolute Gasteiger partial charge is 0.298 e. The van der Waals surface area contributed by atoms with Gasteiger partial charge < -0.3 is 0 Å². The van der Waals surface area contributed by atoms with Crippen molar-refractivity contribution in [3.05, 3.63) is 28.2 Å². The van der Waals surface area contributed by atoms with E-state index in [1.807, 2.05) is 0 Å². The van der Waals surface area contributed by atoms with Gasteiger partial charge in [-0.2, -0.15) is 0 Å². The van der Waals surface area contributed by atoms with Crippen molar-refractivity contribution in [2.75, 3.05) is 0 Å². The third-order valence-electron chi connectivity index (χ3n) is 2.36. The molecule has 0 atom stereocenters. The number of halogens is 1.